The number of ether oxygens (including phenoxy) is 1. The minimum Gasteiger partial charge on any atom is -0.492 e. The van der Waals surface area contributed by atoms with Crippen LogP contribution in [0.2, 0.25) is 5.15 Å². The van der Waals surface area contributed by atoms with Gasteiger partial charge < -0.3 is 15.0 Å². The molecule has 3 aromatic rings. The van der Waals surface area contributed by atoms with Crippen molar-refractivity contribution in [2.75, 3.05) is 51.7 Å². The standard InChI is InChI=1S/C23H25ClN4O2/c1-27-10-12-28(13-11-27)14-15-30-21-7-6-20(18-4-2-3-5-19(18)21)26-23(29)17-8-9-25-22(24)16-17/h2-9,16H,10-15H2,1H3,(H,26,29). The van der Waals surface area contributed by atoms with Crippen LogP contribution in [0, 0.1) is 0 Å². The largest absolute Gasteiger partial charge is 0.492 e. The molecule has 2 heterocycles. The van der Waals surface area contributed by atoms with Gasteiger partial charge in [0.1, 0.15) is 17.5 Å². The molecule has 2 aromatic carbocycles. The van der Waals surface area contributed by atoms with Crippen LogP contribution in [0.3, 0.4) is 0 Å². The van der Waals surface area contributed by atoms with Crippen molar-refractivity contribution in [1.29, 1.82) is 0 Å². The molecule has 156 valence electrons. The minimum atomic E-state index is -0.229. The summed E-state index contributed by atoms with van der Waals surface area (Å²) >= 11 is 5.91. The Bertz CT molecular complexity index is 1030. The number of halogens is 1. The quantitative estimate of drug-likeness (QED) is 0.610. The average Bonchev–Trinajstić information content (AvgIpc) is 2.76. The molecule has 1 aromatic heterocycles. The molecule has 1 fully saturated rings. The molecule has 1 saturated heterocycles. The van der Waals surface area contributed by atoms with Gasteiger partial charge in [0.2, 0.25) is 0 Å². The molecule has 7 heteroatoms. The number of fused-ring (bicyclic) bond motifs is 1. The van der Waals surface area contributed by atoms with E-state index in [2.05, 4.69) is 27.1 Å². The highest BCUT2D eigenvalue weighted by atomic mass is 35.5. The number of carbonyl (C=O) groups is 1. The maximum Gasteiger partial charge on any atom is 0.255 e. The van der Waals surface area contributed by atoms with E-state index in [1.807, 2.05) is 36.4 Å². The Morgan fingerprint density at radius 3 is 2.63 bits per heavy atom. The first-order valence-corrected chi connectivity index (χ1v) is 10.5. The van der Waals surface area contributed by atoms with Gasteiger partial charge in [-0.2, -0.15) is 0 Å². The first kappa shape index (κ1) is 20.6. The van der Waals surface area contributed by atoms with Crippen molar-refractivity contribution >= 4 is 34.0 Å². The van der Waals surface area contributed by atoms with Gasteiger partial charge in [-0.25, -0.2) is 4.98 Å². The van der Waals surface area contributed by atoms with Crippen molar-refractivity contribution in [2.24, 2.45) is 0 Å². The predicted octanol–water partition coefficient (Wildman–Crippen LogP) is 3.77. The molecule has 1 N–H and O–H groups in total. The molecule has 6 nitrogen and oxygen atoms in total. The summed E-state index contributed by atoms with van der Waals surface area (Å²) < 4.78 is 6.12. The van der Waals surface area contributed by atoms with Gasteiger partial charge in [-0.1, -0.05) is 35.9 Å². The Morgan fingerprint density at radius 1 is 1.10 bits per heavy atom. The zero-order valence-electron chi connectivity index (χ0n) is 17.0. The number of nitrogens with zero attached hydrogens (tertiary/aromatic N) is 3. The summed E-state index contributed by atoms with van der Waals surface area (Å²) in [4.78, 5) is 21.3. The lowest BCUT2D eigenvalue weighted by molar-refractivity contribution is 0.102. The predicted molar refractivity (Wildman–Crippen MR) is 121 cm³/mol. The molecule has 1 aliphatic heterocycles. The van der Waals surface area contributed by atoms with Crippen LogP contribution in [0.15, 0.2) is 54.7 Å². The van der Waals surface area contributed by atoms with Gasteiger partial charge in [0, 0.05) is 60.9 Å². The van der Waals surface area contributed by atoms with Crippen molar-refractivity contribution in [1.82, 2.24) is 14.8 Å². The fourth-order valence-electron chi connectivity index (χ4n) is 3.60. The second-order valence-corrected chi connectivity index (χ2v) is 7.86. The number of aromatic nitrogens is 1. The van der Waals surface area contributed by atoms with E-state index in [0.717, 1.165) is 54.9 Å². The molecule has 0 saturated carbocycles. The topological polar surface area (TPSA) is 57.7 Å². The third kappa shape index (κ3) is 4.90. The van der Waals surface area contributed by atoms with Crippen molar-refractivity contribution in [3.8, 4) is 5.75 Å². The lowest BCUT2D eigenvalue weighted by atomic mass is 10.1. The number of amides is 1. The van der Waals surface area contributed by atoms with Gasteiger partial charge in [-0.15, -0.1) is 0 Å². The van der Waals surface area contributed by atoms with Crippen molar-refractivity contribution in [3.05, 3.63) is 65.4 Å². The third-order valence-corrected chi connectivity index (χ3v) is 5.59. The summed E-state index contributed by atoms with van der Waals surface area (Å²) in [6.07, 6.45) is 1.52. The summed E-state index contributed by atoms with van der Waals surface area (Å²) in [5, 5.41) is 5.17. The van der Waals surface area contributed by atoms with E-state index >= 15 is 0 Å². The van der Waals surface area contributed by atoms with Crippen LogP contribution in [-0.2, 0) is 0 Å². The van der Waals surface area contributed by atoms with Gasteiger partial charge in [-0.3, -0.25) is 9.69 Å². The SMILES string of the molecule is CN1CCN(CCOc2ccc(NC(=O)c3ccnc(Cl)c3)c3ccccc23)CC1. The summed E-state index contributed by atoms with van der Waals surface area (Å²) in [6.45, 7) is 5.88. The fraction of sp³-hybridized carbons (Fsp3) is 0.304. The zero-order chi connectivity index (χ0) is 20.9. The number of anilines is 1. The van der Waals surface area contributed by atoms with Crippen LogP contribution in [0.1, 0.15) is 10.4 Å². The van der Waals surface area contributed by atoms with Crippen LogP contribution < -0.4 is 10.1 Å². The number of pyridine rings is 1. The Kier molecular flexibility index (Phi) is 6.47. The van der Waals surface area contributed by atoms with Gasteiger partial charge in [0.15, 0.2) is 0 Å². The summed E-state index contributed by atoms with van der Waals surface area (Å²) in [5.41, 5.74) is 1.20. The number of hydrogen-bond donors (Lipinski definition) is 1. The first-order valence-electron chi connectivity index (χ1n) is 10.1. The normalized spacial score (nSPS) is 15.3. The second-order valence-electron chi connectivity index (χ2n) is 7.47. The van der Waals surface area contributed by atoms with E-state index < -0.39 is 0 Å². The van der Waals surface area contributed by atoms with E-state index in [4.69, 9.17) is 16.3 Å². The van der Waals surface area contributed by atoms with Crippen LogP contribution in [0.4, 0.5) is 5.69 Å². The van der Waals surface area contributed by atoms with Gasteiger partial charge in [0.25, 0.3) is 5.91 Å². The summed E-state index contributed by atoms with van der Waals surface area (Å²) in [6, 6.07) is 14.9. The Labute approximate surface area is 181 Å². The lowest BCUT2D eigenvalue weighted by Gasteiger charge is -2.32. The lowest BCUT2D eigenvalue weighted by Crippen LogP contribution is -2.45. The molecule has 0 spiro atoms. The van der Waals surface area contributed by atoms with Crippen molar-refractivity contribution in [3.63, 3.8) is 0 Å². The second kappa shape index (κ2) is 9.43. The van der Waals surface area contributed by atoms with Gasteiger partial charge in [0.05, 0.1) is 0 Å². The average molecular weight is 425 g/mol. The molecule has 0 aliphatic carbocycles. The zero-order valence-corrected chi connectivity index (χ0v) is 17.7. The molecule has 0 radical (unpaired) electrons. The fourth-order valence-corrected chi connectivity index (χ4v) is 3.77. The van der Waals surface area contributed by atoms with E-state index in [-0.39, 0.29) is 11.1 Å². The van der Waals surface area contributed by atoms with Crippen LogP contribution in [0.5, 0.6) is 5.75 Å². The molecule has 0 atom stereocenters. The third-order valence-electron chi connectivity index (χ3n) is 5.38. The molecular formula is C23H25ClN4O2. The molecule has 0 bridgehead atoms. The maximum atomic E-state index is 12.6. The van der Waals surface area contributed by atoms with Crippen LogP contribution in [0.25, 0.3) is 10.8 Å². The highest BCUT2D eigenvalue weighted by Crippen LogP contribution is 2.32. The summed E-state index contributed by atoms with van der Waals surface area (Å²) in [7, 11) is 2.16. The Balaban J connectivity index is 1.47. The number of rotatable bonds is 6. The first-order chi connectivity index (χ1) is 14.6. The van der Waals surface area contributed by atoms with E-state index in [1.165, 1.54) is 6.20 Å². The van der Waals surface area contributed by atoms with Crippen molar-refractivity contribution in [2.45, 2.75) is 0 Å². The monoisotopic (exact) mass is 424 g/mol. The van der Waals surface area contributed by atoms with Crippen LogP contribution >= 0.6 is 11.6 Å². The minimum absolute atomic E-state index is 0.229. The maximum absolute atomic E-state index is 12.6. The Hall–Kier alpha value is -2.67. The number of nitrogens with one attached hydrogen (secondary N) is 1. The number of likely N-dealkylation sites (N-methyl/N-ethyl adjacent to an activating group) is 1. The molecule has 30 heavy (non-hydrogen) atoms. The Morgan fingerprint density at radius 2 is 1.87 bits per heavy atom. The van der Waals surface area contributed by atoms with Crippen LogP contribution in [-0.4, -0.2) is 67.1 Å². The van der Waals surface area contributed by atoms with Gasteiger partial charge in [-0.05, 0) is 31.3 Å². The van der Waals surface area contributed by atoms with E-state index in [0.29, 0.717) is 12.2 Å². The number of benzene rings is 2. The molecule has 4 rings (SSSR count). The van der Waals surface area contributed by atoms with Crippen molar-refractivity contribution < 1.29 is 9.53 Å². The smallest absolute Gasteiger partial charge is 0.255 e. The molecule has 0 unspecified atom stereocenters. The molecular weight excluding hydrogens is 400 g/mol. The van der Waals surface area contributed by atoms with E-state index in [9.17, 15) is 4.79 Å². The number of carbonyl (C=O) groups excluding carboxylic acids is 1. The molecule has 1 amide bonds. The van der Waals surface area contributed by atoms with Gasteiger partial charge >= 0.3 is 0 Å². The highest BCUT2D eigenvalue weighted by Gasteiger charge is 2.14. The van der Waals surface area contributed by atoms with E-state index in [1.54, 1.807) is 12.1 Å². The summed E-state index contributed by atoms with van der Waals surface area (Å²) in [5.74, 6) is 0.595. The molecule has 1 aliphatic rings. The number of hydrogen-bond acceptors (Lipinski definition) is 5. The highest BCUT2D eigenvalue weighted by molar-refractivity contribution is 6.29. The number of piperazine rings is 1.